The van der Waals surface area contributed by atoms with Crippen molar-refractivity contribution in [3.05, 3.63) is 99.9 Å². The molecule has 17 heteroatoms. The average Bonchev–Trinajstić information content (AvgIpc) is 2.87. The molecule has 3 aromatic carbocycles. The van der Waals surface area contributed by atoms with Crippen LogP contribution in [0.3, 0.4) is 0 Å². The van der Waals surface area contributed by atoms with Gasteiger partial charge in [-0.05, 0) is 42.0 Å². The monoisotopic (exact) mass is 637 g/mol. The largest absolute Gasteiger partial charge is 0.435 e. The van der Waals surface area contributed by atoms with Crippen LogP contribution in [0.25, 0.3) is 0 Å². The highest BCUT2D eigenvalue weighted by Gasteiger charge is 2.74. The van der Waals surface area contributed by atoms with Crippen LogP contribution in [0.5, 0.6) is 0 Å². The van der Waals surface area contributed by atoms with E-state index in [-0.39, 0.29) is 5.56 Å². The van der Waals surface area contributed by atoms with Crippen molar-refractivity contribution in [1.82, 2.24) is 0 Å². The summed E-state index contributed by atoms with van der Waals surface area (Å²) in [5.74, 6) is -4.43. The number of amides is 1. The third-order valence-corrected chi connectivity index (χ3v) is 5.96. The molecule has 0 atom stereocenters. The smallest absolute Gasteiger partial charge is 0.319 e. The summed E-state index contributed by atoms with van der Waals surface area (Å²) in [6, 6.07) is 7.00. The average molecular weight is 637 g/mol. The molecule has 3 aromatic rings. The zero-order valence-corrected chi connectivity index (χ0v) is 20.6. The lowest BCUT2D eigenvalue weighted by Crippen LogP contribution is -2.50. The van der Waals surface area contributed by atoms with E-state index in [2.05, 4.69) is 0 Å². The van der Waals surface area contributed by atoms with Gasteiger partial charge >= 0.3 is 30.4 Å². The lowest BCUT2D eigenvalue weighted by molar-refractivity contribution is -0.348. The normalized spacial score (nSPS) is 13.2. The molecule has 3 rings (SSSR count). The summed E-state index contributed by atoms with van der Waals surface area (Å²) >= 11 is 0. The van der Waals surface area contributed by atoms with Crippen LogP contribution in [0.1, 0.15) is 43.0 Å². The maximum absolute atomic E-state index is 15.1. The van der Waals surface area contributed by atoms with Gasteiger partial charge in [-0.1, -0.05) is 24.3 Å². The first-order valence-corrected chi connectivity index (χ1v) is 11.3. The predicted octanol–water partition coefficient (Wildman–Crippen LogP) is 8.83. The fourth-order valence-electron chi connectivity index (χ4n) is 3.94. The van der Waals surface area contributed by atoms with Crippen molar-refractivity contribution in [1.29, 1.82) is 0 Å². The molecule has 1 amide bonds. The Bertz CT molecular complexity index is 1470. The van der Waals surface area contributed by atoms with Crippen molar-refractivity contribution in [2.75, 3.05) is 5.32 Å². The molecule has 0 radical (unpaired) electrons. The summed E-state index contributed by atoms with van der Waals surface area (Å²) in [6.07, 6.45) is -28.5. The number of carbonyl (C=O) groups excluding carboxylic acids is 2. The van der Waals surface area contributed by atoms with E-state index in [4.69, 9.17) is 0 Å². The molecule has 0 bridgehead atoms. The molecule has 43 heavy (non-hydrogen) atoms. The van der Waals surface area contributed by atoms with E-state index < -0.39 is 99.9 Å². The maximum Gasteiger partial charge on any atom is 0.435 e. The van der Waals surface area contributed by atoms with Gasteiger partial charge in [-0.3, -0.25) is 9.59 Å². The van der Waals surface area contributed by atoms with Crippen LogP contribution in [0.4, 0.5) is 67.2 Å². The topological polar surface area (TPSA) is 46.2 Å². The Morgan fingerprint density at radius 2 is 1.14 bits per heavy atom. The highest BCUT2D eigenvalue weighted by Crippen LogP contribution is 2.55. The van der Waals surface area contributed by atoms with Gasteiger partial charge in [-0.15, -0.1) is 0 Å². The Morgan fingerprint density at radius 1 is 0.651 bits per heavy atom. The maximum atomic E-state index is 15.1. The molecule has 0 saturated heterocycles. The summed E-state index contributed by atoms with van der Waals surface area (Å²) in [5.41, 5.74) is -19.6. The zero-order chi connectivity index (χ0) is 32.8. The third-order valence-electron chi connectivity index (χ3n) is 5.96. The number of Topliss-reactive ketones (excluding diaryl/α,β-unsaturated/α-hetero) is 1. The minimum atomic E-state index is -7.07. The van der Waals surface area contributed by atoms with Gasteiger partial charge in [0.05, 0.1) is 22.4 Å². The number of rotatable bonds is 6. The van der Waals surface area contributed by atoms with Crippen LogP contribution in [0, 0.1) is 5.82 Å². The van der Waals surface area contributed by atoms with Crippen molar-refractivity contribution < 1.29 is 71.1 Å². The number of hydrogen-bond donors (Lipinski definition) is 1. The van der Waals surface area contributed by atoms with Crippen molar-refractivity contribution in [2.45, 2.75) is 36.8 Å². The Labute approximate surface area is 231 Å². The minimum absolute atomic E-state index is 0.0231. The number of benzene rings is 3. The molecule has 232 valence electrons. The summed E-state index contributed by atoms with van der Waals surface area (Å²) < 4.78 is 191. The molecule has 0 spiro atoms. The lowest BCUT2D eigenvalue weighted by Gasteiger charge is -2.32. The van der Waals surface area contributed by atoms with E-state index in [1.54, 1.807) is 0 Å². The fraction of sp³-hybridized carbons (Fsp3) is 0.231. The summed E-state index contributed by atoms with van der Waals surface area (Å²) in [7, 11) is 0. The molecule has 3 nitrogen and oxygen atoms in total. The molecular weight excluding hydrogens is 624 g/mol. The van der Waals surface area contributed by atoms with Crippen LogP contribution in [0.2, 0.25) is 0 Å². The van der Waals surface area contributed by atoms with Crippen molar-refractivity contribution in [3.8, 4) is 0 Å². The molecule has 0 heterocycles. The van der Waals surface area contributed by atoms with Gasteiger partial charge in [0, 0.05) is 17.5 Å². The van der Waals surface area contributed by atoms with Crippen LogP contribution < -0.4 is 5.32 Å². The van der Waals surface area contributed by atoms with E-state index in [0.717, 1.165) is 12.1 Å². The molecule has 0 aliphatic rings. The van der Waals surface area contributed by atoms with Gasteiger partial charge in [0.25, 0.3) is 5.91 Å². The van der Waals surface area contributed by atoms with Crippen molar-refractivity contribution >= 4 is 17.4 Å². The number of nitrogens with one attached hydrogen (secondary N) is 1. The minimum Gasteiger partial charge on any atom is -0.319 e. The second-order valence-electron chi connectivity index (χ2n) is 8.79. The Hall–Kier alpha value is -4.18. The summed E-state index contributed by atoms with van der Waals surface area (Å²) in [6.45, 7) is 0. The number of anilines is 1. The van der Waals surface area contributed by atoms with Gasteiger partial charge < -0.3 is 5.32 Å². The first-order chi connectivity index (χ1) is 19.5. The van der Waals surface area contributed by atoms with E-state index >= 15 is 4.39 Å². The molecule has 0 aliphatic heterocycles. The van der Waals surface area contributed by atoms with Crippen molar-refractivity contribution in [3.63, 3.8) is 0 Å². The van der Waals surface area contributed by atoms with E-state index in [0.29, 0.717) is 6.07 Å². The zero-order valence-electron chi connectivity index (χ0n) is 20.6. The number of hydrogen-bond acceptors (Lipinski definition) is 2. The van der Waals surface area contributed by atoms with Crippen LogP contribution in [0.15, 0.2) is 60.7 Å². The first kappa shape index (κ1) is 33.3. The van der Waals surface area contributed by atoms with Crippen LogP contribution in [-0.4, -0.2) is 24.0 Å². The van der Waals surface area contributed by atoms with Gasteiger partial charge in [0.15, 0.2) is 11.6 Å². The Kier molecular flexibility index (Phi) is 8.64. The number of halogens is 14. The van der Waals surface area contributed by atoms with Gasteiger partial charge in [0.1, 0.15) is 0 Å². The molecule has 0 saturated carbocycles. The third kappa shape index (κ3) is 6.59. The van der Waals surface area contributed by atoms with Gasteiger partial charge in [-0.25, -0.2) is 8.78 Å². The van der Waals surface area contributed by atoms with E-state index in [1.807, 2.05) is 5.32 Å². The standard InChI is InChI=1S/C26H13F14NO2/c27-20-14(7-4-8-18(20)41-21(43)12-5-2-1-3-6-12)19(42)11-15-16(23(29,30)31)9-13(10-17(15)24(32,33)34)22(28,25(35,36)37)26(38,39)40/h1-10H,11H2,(H,41,43). The second kappa shape index (κ2) is 11.1. The fourth-order valence-corrected chi connectivity index (χ4v) is 3.94. The molecular formula is C26H13F14NO2. The number of alkyl halides is 13. The van der Waals surface area contributed by atoms with Crippen LogP contribution in [-0.2, 0) is 24.4 Å². The van der Waals surface area contributed by atoms with E-state index in [9.17, 15) is 66.7 Å². The molecule has 0 fully saturated rings. The van der Waals surface area contributed by atoms with Crippen LogP contribution >= 0.6 is 0 Å². The second-order valence-corrected chi connectivity index (χ2v) is 8.79. The Balaban J connectivity index is 2.18. The van der Waals surface area contributed by atoms with Gasteiger partial charge in [0.2, 0.25) is 0 Å². The quantitative estimate of drug-likeness (QED) is 0.217. The first-order valence-electron chi connectivity index (χ1n) is 11.3. The molecule has 0 unspecified atom stereocenters. The molecule has 0 aromatic heterocycles. The van der Waals surface area contributed by atoms with Gasteiger partial charge in [-0.2, -0.15) is 52.7 Å². The van der Waals surface area contributed by atoms with Crippen molar-refractivity contribution in [2.24, 2.45) is 0 Å². The highest BCUT2D eigenvalue weighted by atomic mass is 19.4. The summed E-state index contributed by atoms with van der Waals surface area (Å²) in [5, 5.41) is 2.03. The predicted molar refractivity (Wildman–Crippen MR) is 120 cm³/mol. The molecule has 0 aliphatic carbocycles. The van der Waals surface area contributed by atoms with E-state index in [1.165, 1.54) is 30.3 Å². The Morgan fingerprint density at radius 3 is 1.58 bits per heavy atom. The molecule has 1 N–H and O–H groups in total. The lowest BCUT2D eigenvalue weighted by atomic mass is 9.85. The highest BCUT2D eigenvalue weighted by molar-refractivity contribution is 6.05. The summed E-state index contributed by atoms with van der Waals surface area (Å²) in [4.78, 5) is 25.1. The number of carbonyl (C=O) groups is 2. The number of ketones is 1. The SMILES string of the molecule is O=C(Nc1cccc(C(=O)Cc2c(C(F)(F)F)cc(C(F)(C(F)(F)F)C(F)(F)F)cc2C(F)(F)F)c1F)c1ccccc1.